The molecule has 0 aliphatic carbocycles. The number of ether oxygens (including phenoxy) is 6. The van der Waals surface area contributed by atoms with Crippen LogP contribution in [0.5, 0.6) is 0 Å². The van der Waals surface area contributed by atoms with E-state index in [2.05, 4.69) is 5.32 Å². The van der Waals surface area contributed by atoms with Gasteiger partial charge in [-0.15, -0.1) is 0 Å². The molecule has 0 aromatic carbocycles. The molecule has 0 saturated heterocycles. The van der Waals surface area contributed by atoms with Gasteiger partial charge in [0.1, 0.15) is 24.8 Å². The molecule has 0 heterocycles. The second kappa shape index (κ2) is 19.2. The van der Waals surface area contributed by atoms with Crippen molar-refractivity contribution >= 4 is 23.4 Å². The van der Waals surface area contributed by atoms with E-state index < -0.39 is 11.4 Å². The molecular formula is C25H45NO10. The minimum absolute atomic E-state index is 0.0780. The van der Waals surface area contributed by atoms with Crippen molar-refractivity contribution < 1.29 is 47.6 Å². The summed E-state index contributed by atoms with van der Waals surface area (Å²) in [4.78, 5) is 46.7. The molecule has 0 aliphatic heterocycles. The number of rotatable bonds is 21. The minimum atomic E-state index is -0.574. The van der Waals surface area contributed by atoms with E-state index in [4.69, 9.17) is 28.4 Å². The SMILES string of the molecule is CC(C)(C)C(=O)CCOCCNC(=O)COCCOCCOCC(=O)OCOCCC(=O)C(C)(C)C. The number of carbonyl (C=O) groups excluding carboxylic acids is 4. The van der Waals surface area contributed by atoms with Gasteiger partial charge >= 0.3 is 5.97 Å². The first-order chi connectivity index (χ1) is 16.8. The van der Waals surface area contributed by atoms with Crippen LogP contribution in [0, 0.1) is 10.8 Å². The van der Waals surface area contributed by atoms with Crippen molar-refractivity contribution in [1.82, 2.24) is 5.32 Å². The van der Waals surface area contributed by atoms with Gasteiger partial charge in [0.15, 0.2) is 6.79 Å². The van der Waals surface area contributed by atoms with Gasteiger partial charge in [0.25, 0.3) is 0 Å². The molecule has 11 heteroatoms. The number of hydrogen-bond donors (Lipinski definition) is 1. The molecule has 36 heavy (non-hydrogen) atoms. The topological polar surface area (TPSA) is 136 Å². The van der Waals surface area contributed by atoms with Crippen molar-refractivity contribution in [2.45, 2.75) is 54.4 Å². The third-order valence-corrected chi connectivity index (χ3v) is 4.69. The molecule has 11 nitrogen and oxygen atoms in total. The first kappa shape index (κ1) is 34.1. The Hall–Kier alpha value is -1.92. The summed E-state index contributed by atoms with van der Waals surface area (Å²) in [6.45, 7) is 12.7. The van der Waals surface area contributed by atoms with Crippen molar-refractivity contribution in [1.29, 1.82) is 0 Å². The summed E-state index contributed by atoms with van der Waals surface area (Å²) < 4.78 is 31.0. The zero-order valence-electron chi connectivity index (χ0n) is 22.8. The highest BCUT2D eigenvalue weighted by Crippen LogP contribution is 2.17. The molecule has 1 amide bonds. The van der Waals surface area contributed by atoms with Crippen LogP contribution < -0.4 is 5.32 Å². The van der Waals surface area contributed by atoms with Crippen molar-refractivity contribution in [2.75, 3.05) is 72.8 Å². The Bertz CT molecular complexity index is 652. The maximum atomic E-state index is 11.8. The van der Waals surface area contributed by atoms with Crippen molar-refractivity contribution in [3.63, 3.8) is 0 Å². The summed E-state index contributed by atoms with van der Waals surface area (Å²) in [5, 5.41) is 2.66. The lowest BCUT2D eigenvalue weighted by Gasteiger charge is -2.16. The van der Waals surface area contributed by atoms with Crippen molar-refractivity contribution in [3.8, 4) is 0 Å². The lowest BCUT2D eigenvalue weighted by molar-refractivity contribution is -0.162. The summed E-state index contributed by atoms with van der Waals surface area (Å²) >= 11 is 0. The van der Waals surface area contributed by atoms with Crippen molar-refractivity contribution in [2.24, 2.45) is 10.8 Å². The number of amides is 1. The largest absolute Gasteiger partial charge is 0.437 e. The molecule has 0 spiro atoms. The summed E-state index contributed by atoms with van der Waals surface area (Å²) in [5.74, 6) is -0.625. The van der Waals surface area contributed by atoms with E-state index in [9.17, 15) is 19.2 Å². The van der Waals surface area contributed by atoms with Crippen LogP contribution in [0.15, 0.2) is 0 Å². The highest BCUT2D eigenvalue weighted by atomic mass is 16.7. The molecule has 210 valence electrons. The number of hydrogen-bond acceptors (Lipinski definition) is 10. The predicted octanol–water partition coefficient (Wildman–Crippen LogP) is 1.70. The lowest BCUT2D eigenvalue weighted by atomic mass is 9.89. The van der Waals surface area contributed by atoms with Gasteiger partial charge in [-0.3, -0.25) is 14.4 Å². The Morgan fingerprint density at radius 3 is 1.61 bits per heavy atom. The fourth-order valence-corrected chi connectivity index (χ4v) is 2.36. The highest BCUT2D eigenvalue weighted by Gasteiger charge is 2.21. The number of ketones is 2. The van der Waals surface area contributed by atoms with Gasteiger partial charge in [-0.1, -0.05) is 41.5 Å². The summed E-state index contributed by atoms with van der Waals surface area (Å²) in [7, 11) is 0. The molecule has 0 rings (SSSR count). The molecule has 0 aromatic heterocycles. The fraction of sp³-hybridized carbons (Fsp3) is 0.840. The van der Waals surface area contributed by atoms with Crippen LogP contribution in [-0.2, 0) is 47.6 Å². The van der Waals surface area contributed by atoms with E-state index in [0.29, 0.717) is 26.2 Å². The van der Waals surface area contributed by atoms with E-state index in [-0.39, 0.29) is 82.4 Å². The van der Waals surface area contributed by atoms with E-state index in [1.165, 1.54) is 0 Å². The van der Waals surface area contributed by atoms with Gasteiger partial charge in [0, 0.05) is 30.2 Å². The summed E-state index contributed by atoms with van der Waals surface area (Å²) in [6, 6.07) is 0. The zero-order chi connectivity index (χ0) is 27.5. The summed E-state index contributed by atoms with van der Waals surface area (Å²) in [5.41, 5.74) is -0.783. The van der Waals surface area contributed by atoms with Gasteiger partial charge in [-0.2, -0.15) is 0 Å². The average Bonchev–Trinajstić information content (AvgIpc) is 2.78. The Morgan fingerprint density at radius 2 is 1.06 bits per heavy atom. The summed E-state index contributed by atoms with van der Waals surface area (Å²) in [6.07, 6.45) is 0.618. The zero-order valence-corrected chi connectivity index (χ0v) is 22.8. The predicted molar refractivity (Wildman–Crippen MR) is 131 cm³/mol. The second-order valence-corrected chi connectivity index (χ2v) is 10.1. The van der Waals surface area contributed by atoms with Crippen LogP contribution in [0.4, 0.5) is 0 Å². The van der Waals surface area contributed by atoms with Crippen LogP contribution in [0.25, 0.3) is 0 Å². The monoisotopic (exact) mass is 519 g/mol. The molecule has 0 aromatic rings. The molecule has 1 N–H and O–H groups in total. The van der Waals surface area contributed by atoms with E-state index >= 15 is 0 Å². The standard InChI is InChI=1S/C25H45NO10/c1-24(2,3)20(27)7-10-31-12-9-26-22(29)17-33-15-13-32-14-16-34-18-23(30)36-19-35-11-8-21(28)25(4,5)6/h7-19H2,1-6H3,(H,26,29). The lowest BCUT2D eigenvalue weighted by Crippen LogP contribution is -2.31. The Labute approximate surface area is 214 Å². The van der Waals surface area contributed by atoms with Gasteiger partial charge in [-0.25, -0.2) is 4.79 Å². The normalized spacial score (nSPS) is 11.8. The molecule has 0 saturated carbocycles. The van der Waals surface area contributed by atoms with Crippen LogP contribution >= 0.6 is 0 Å². The van der Waals surface area contributed by atoms with Crippen LogP contribution in [0.2, 0.25) is 0 Å². The van der Waals surface area contributed by atoms with Gasteiger partial charge < -0.3 is 33.7 Å². The number of nitrogens with one attached hydrogen (secondary N) is 1. The van der Waals surface area contributed by atoms with Gasteiger partial charge in [0.05, 0.1) is 46.2 Å². The molecule has 0 radical (unpaired) electrons. The van der Waals surface area contributed by atoms with Gasteiger partial charge in [-0.05, 0) is 0 Å². The smallest absolute Gasteiger partial charge is 0.334 e. The third kappa shape index (κ3) is 20.3. The average molecular weight is 520 g/mol. The highest BCUT2D eigenvalue weighted by molar-refractivity contribution is 5.84. The van der Waals surface area contributed by atoms with Crippen LogP contribution in [0.3, 0.4) is 0 Å². The number of carbonyl (C=O) groups is 4. The van der Waals surface area contributed by atoms with Crippen molar-refractivity contribution in [3.05, 3.63) is 0 Å². The van der Waals surface area contributed by atoms with E-state index in [1.807, 2.05) is 41.5 Å². The third-order valence-electron chi connectivity index (χ3n) is 4.69. The fourth-order valence-electron chi connectivity index (χ4n) is 2.36. The van der Waals surface area contributed by atoms with E-state index in [1.54, 1.807) is 0 Å². The van der Waals surface area contributed by atoms with Crippen LogP contribution in [0.1, 0.15) is 54.4 Å². The number of Topliss-reactive ketones (excluding diaryl/α,β-unsaturated/α-hetero) is 2. The quantitative estimate of drug-likeness (QED) is 0.136. The van der Waals surface area contributed by atoms with E-state index in [0.717, 1.165) is 0 Å². The first-order valence-corrected chi connectivity index (χ1v) is 12.2. The molecular weight excluding hydrogens is 474 g/mol. The molecule has 0 atom stereocenters. The number of esters is 1. The minimum Gasteiger partial charge on any atom is -0.437 e. The first-order valence-electron chi connectivity index (χ1n) is 12.2. The second-order valence-electron chi connectivity index (χ2n) is 10.1. The Balaban J connectivity index is 3.44. The maximum Gasteiger partial charge on any atom is 0.334 e. The molecule has 0 unspecified atom stereocenters. The molecule has 0 bridgehead atoms. The molecule has 0 aliphatic rings. The Kier molecular flexibility index (Phi) is 18.2. The Morgan fingerprint density at radius 1 is 0.583 bits per heavy atom. The van der Waals surface area contributed by atoms with Gasteiger partial charge in [0.2, 0.25) is 5.91 Å². The van der Waals surface area contributed by atoms with Crippen LogP contribution in [-0.4, -0.2) is 96.2 Å². The molecule has 0 fully saturated rings. The maximum absolute atomic E-state index is 11.8.